The number of para-hydroxylation sites is 1. The molecule has 1 aromatic heterocycles. The van der Waals surface area contributed by atoms with Crippen LogP contribution in [0.3, 0.4) is 0 Å². The van der Waals surface area contributed by atoms with E-state index in [1.54, 1.807) is 11.8 Å². The van der Waals surface area contributed by atoms with Crippen LogP contribution < -0.4 is 4.74 Å². The smallest absolute Gasteiger partial charge is 0.265 e. The van der Waals surface area contributed by atoms with Crippen LogP contribution in [0, 0.1) is 0 Å². The number of furan rings is 1. The van der Waals surface area contributed by atoms with E-state index in [2.05, 4.69) is 6.92 Å². The molecule has 2 aliphatic heterocycles. The number of fused-ring (bicyclic) bond motifs is 1. The van der Waals surface area contributed by atoms with Crippen molar-refractivity contribution in [2.45, 2.75) is 56.1 Å². The van der Waals surface area contributed by atoms with E-state index in [1.165, 1.54) is 0 Å². The third kappa shape index (κ3) is 3.50. The largest absolute Gasteiger partial charge is 0.479 e. The molecule has 1 aromatic carbocycles. The zero-order valence-electron chi connectivity index (χ0n) is 15.1. The number of thioether (sulfide) groups is 1. The van der Waals surface area contributed by atoms with Crippen LogP contribution in [0.15, 0.2) is 45.7 Å². The molecule has 0 N–H and O–H groups in total. The Bertz CT molecular complexity index is 772. The quantitative estimate of drug-likeness (QED) is 0.774. The van der Waals surface area contributed by atoms with Crippen molar-refractivity contribution in [3.05, 3.63) is 47.9 Å². The summed E-state index contributed by atoms with van der Waals surface area (Å²) < 4.78 is 12.1. The third-order valence-corrected chi connectivity index (χ3v) is 6.30. The SMILES string of the molecule is CCc1ccc(C2CCCCCN2C(=O)C2CSc3ccccc3O2)o1. The number of nitrogens with zero attached hydrogens (tertiary/aromatic N) is 1. The Balaban J connectivity index is 1.56. The number of benzene rings is 1. The van der Waals surface area contributed by atoms with Crippen molar-refractivity contribution in [2.75, 3.05) is 12.3 Å². The Morgan fingerprint density at radius 3 is 2.92 bits per heavy atom. The van der Waals surface area contributed by atoms with E-state index < -0.39 is 6.10 Å². The van der Waals surface area contributed by atoms with Crippen LogP contribution in [0.25, 0.3) is 0 Å². The van der Waals surface area contributed by atoms with Gasteiger partial charge in [-0.25, -0.2) is 0 Å². The molecule has 138 valence electrons. The number of hydrogen-bond donors (Lipinski definition) is 0. The highest BCUT2D eigenvalue weighted by atomic mass is 32.2. The van der Waals surface area contributed by atoms with Gasteiger partial charge in [0, 0.05) is 23.6 Å². The number of carbonyl (C=O) groups excluding carboxylic acids is 1. The molecule has 1 amide bonds. The second kappa shape index (κ2) is 7.78. The van der Waals surface area contributed by atoms with Crippen LogP contribution >= 0.6 is 11.8 Å². The van der Waals surface area contributed by atoms with Crippen LogP contribution in [-0.4, -0.2) is 29.2 Å². The minimum atomic E-state index is -0.420. The van der Waals surface area contributed by atoms with Gasteiger partial charge in [0.15, 0.2) is 6.10 Å². The lowest BCUT2D eigenvalue weighted by atomic mass is 10.1. The highest BCUT2D eigenvalue weighted by Gasteiger charge is 2.36. The van der Waals surface area contributed by atoms with E-state index in [1.807, 2.05) is 41.3 Å². The van der Waals surface area contributed by atoms with E-state index >= 15 is 0 Å². The van der Waals surface area contributed by atoms with Crippen molar-refractivity contribution < 1.29 is 13.9 Å². The first kappa shape index (κ1) is 17.5. The first-order chi connectivity index (χ1) is 12.8. The summed E-state index contributed by atoms with van der Waals surface area (Å²) in [5, 5.41) is 0. The molecule has 26 heavy (non-hydrogen) atoms. The van der Waals surface area contributed by atoms with Gasteiger partial charge in [-0.2, -0.15) is 0 Å². The summed E-state index contributed by atoms with van der Waals surface area (Å²) in [6.45, 7) is 2.86. The summed E-state index contributed by atoms with van der Waals surface area (Å²) >= 11 is 1.70. The van der Waals surface area contributed by atoms with Gasteiger partial charge in [0.05, 0.1) is 6.04 Å². The maximum atomic E-state index is 13.3. The summed E-state index contributed by atoms with van der Waals surface area (Å²) in [6.07, 6.45) is 4.74. The summed E-state index contributed by atoms with van der Waals surface area (Å²) in [5.41, 5.74) is 0. The lowest BCUT2D eigenvalue weighted by Crippen LogP contribution is -2.45. The van der Waals surface area contributed by atoms with Crippen LogP contribution in [0.2, 0.25) is 0 Å². The van der Waals surface area contributed by atoms with Crippen molar-refractivity contribution in [3.8, 4) is 5.75 Å². The van der Waals surface area contributed by atoms with Gasteiger partial charge in [-0.05, 0) is 37.1 Å². The number of likely N-dealkylation sites (tertiary alicyclic amines) is 1. The molecule has 4 rings (SSSR count). The minimum Gasteiger partial charge on any atom is -0.479 e. The molecule has 2 unspecified atom stereocenters. The molecular weight excluding hydrogens is 346 g/mol. The number of carbonyl (C=O) groups is 1. The molecule has 0 saturated carbocycles. The van der Waals surface area contributed by atoms with Gasteiger partial charge in [0.25, 0.3) is 5.91 Å². The third-order valence-electron chi connectivity index (χ3n) is 5.18. The Kier molecular flexibility index (Phi) is 5.25. The summed E-state index contributed by atoms with van der Waals surface area (Å²) in [4.78, 5) is 16.4. The maximum absolute atomic E-state index is 13.3. The second-order valence-electron chi connectivity index (χ2n) is 6.92. The van der Waals surface area contributed by atoms with E-state index in [9.17, 15) is 4.79 Å². The molecule has 2 aliphatic rings. The van der Waals surface area contributed by atoms with Crippen LogP contribution in [0.1, 0.15) is 50.2 Å². The molecule has 2 atom stereocenters. The van der Waals surface area contributed by atoms with Crippen molar-refractivity contribution in [2.24, 2.45) is 0 Å². The predicted molar refractivity (Wildman–Crippen MR) is 103 cm³/mol. The predicted octanol–water partition coefficient (Wildman–Crippen LogP) is 4.84. The maximum Gasteiger partial charge on any atom is 0.265 e. The van der Waals surface area contributed by atoms with Crippen LogP contribution in [-0.2, 0) is 11.2 Å². The van der Waals surface area contributed by atoms with Crippen molar-refractivity contribution in [1.82, 2.24) is 4.90 Å². The fourth-order valence-electron chi connectivity index (χ4n) is 3.76. The Labute approximate surface area is 158 Å². The minimum absolute atomic E-state index is 0.0241. The molecule has 4 nitrogen and oxygen atoms in total. The van der Waals surface area contributed by atoms with E-state index in [0.717, 1.165) is 60.8 Å². The first-order valence-electron chi connectivity index (χ1n) is 9.54. The van der Waals surface area contributed by atoms with Crippen molar-refractivity contribution >= 4 is 17.7 Å². The van der Waals surface area contributed by atoms with E-state index in [-0.39, 0.29) is 11.9 Å². The average molecular weight is 372 g/mol. The zero-order valence-corrected chi connectivity index (χ0v) is 16.0. The highest BCUT2D eigenvalue weighted by Crippen LogP contribution is 2.37. The Hall–Kier alpha value is -1.88. The van der Waals surface area contributed by atoms with Crippen LogP contribution in [0.5, 0.6) is 5.75 Å². The normalized spacial score (nSPS) is 23.0. The van der Waals surface area contributed by atoms with Gasteiger partial charge in [-0.15, -0.1) is 11.8 Å². The van der Waals surface area contributed by atoms with E-state index in [4.69, 9.17) is 9.15 Å². The molecule has 3 heterocycles. The van der Waals surface area contributed by atoms with Gasteiger partial charge in [-0.3, -0.25) is 4.79 Å². The number of aryl methyl sites for hydroxylation is 1. The van der Waals surface area contributed by atoms with Gasteiger partial charge in [-0.1, -0.05) is 31.9 Å². The molecule has 0 bridgehead atoms. The fraction of sp³-hybridized carbons (Fsp3) is 0.476. The monoisotopic (exact) mass is 371 g/mol. The molecule has 1 fully saturated rings. The number of ether oxygens (including phenoxy) is 1. The number of hydrogen-bond acceptors (Lipinski definition) is 4. The molecule has 0 aliphatic carbocycles. The molecule has 0 radical (unpaired) electrons. The van der Waals surface area contributed by atoms with Crippen LogP contribution in [0.4, 0.5) is 0 Å². The van der Waals surface area contributed by atoms with Gasteiger partial charge < -0.3 is 14.1 Å². The summed E-state index contributed by atoms with van der Waals surface area (Å²) in [6, 6.07) is 12.1. The standard InChI is InChI=1S/C21H25NO3S/c1-2-15-11-12-17(24-15)16-8-4-3-7-13-22(16)21(23)19-14-26-20-10-6-5-9-18(20)25-19/h5-6,9-12,16,19H,2-4,7-8,13-14H2,1H3. The zero-order chi connectivity index (χ0) is 17.9. The first-order valence-corrected chi connectivity index (χ1v) is 10.5. The second-order valence-corrected chi connectivity index (χ2v) is 7.98. The van der Waals surface area contributed by atoms with Gasteiger partial charge >= 0.3 is 0 Å². The molecule has 1 saturated heterocycles. The Morgan fingerprint density at radius 2 is 2.08 bits per heavy atom. The number of rotatable bonds is 3. The Morgan fingerprint density at radius 1 is 1.19 bits per heavy atom. The summed E-state index contributed by atoms with van der Waals surface area (Å²) in [7, 11) is 0. The van der Waals surface area contributed by atoms with Crippen molar-refractivity contribution in [1.29, 1.82) is 0 Å². The molecule has 2 aromatic rings. The molecular formula is C21H25NO3S. The topological polar surface area (TPSA) is 42.7 Å². The molecule has 0 spiro atoms. The molecule has 5 heteroatoms. The van der Waals surface area contributed by atoms with Crippen molar-refractivity contribution in [3.63, 3.8) is 0 Å². The number of amides is 1. The van der Waals surface area contributed by atoms with E-state index in [0.29, 0.717) is 5.75 Å². The fourth-order valence-corrected chi connectivity index (χ4v) is 4.73. The average Bonchev–Trinajstić information content (AvgIpc) is 3.03. The lowest BCUT2D eigenvalue weighted by molar-refractivity contribution is -0.140. The van der Waals surface area contributed by atoms with Gasteiger partial charge in [0.1, 0.15) is 17.3 Å². The lowest BCUT2D eigenvalue weighted by Gasteiger charge is -2.33. The summed E-state index contributed by atoms with van der Waals surface area (Å²) in [5.74, 6) is 3.47. The van der Waals surface area contributed by atoms with Gasteiger partial charge in [0.2, 0.25) is 0 Å². The highest BCUT2D eigenvalue weighted by molar-refractivity contribution is 7.99.